The van der Waals surface area contributed by atoms with Crippen LogP contribution >= 0.6 is 0 Å². The van der Waals surface area contributed by atoms with Crippen LogP contribution in [0, 0.1) is 0 Å². The van der Waals surface area contributed by atoms with Gasteiger partial charge in [0.2, 0.25) is 0 Å². The normalized spacial score (nSPS) is 7.17. The standard InChI is InChI=1S/C3H7O.Hg.H2O/c1-3-4-2;;/h2-3H2,1H3;;1H2. The molecule has 0 radical (unpaired) electrons. The molecule has 0 aromatic carbocycles. The van der Waals surface area contributed by atoms with Gasteiger partial charge in [0.25, 0.3) is 0 Å². The van der Waals surface area contributed by atoms with E-state index in [-0.39, 0.29) is 5.48 Å². The Kier molecular flexibility index (Phi) is 15.4. The van der Waals surface area contributed by atoms with Gasteiger partial charge in [-0.15, -0.1) is 0 Å². The van der Waals surface area contributed by atoms with Gasteiger partial charge in [0.1, 0.15) is 0 Å². The molecule has 0 saturated heterocycles. The Morgan fingerprint density at radius 1 is 1.67 bits per heavy atom. The monoisotopic (exact) mass is 279 g/mol. The minimum atomic E-state index is 0. The summed E-state index contributed by atoms with van der Waals surface area (Å²) in [4.78, 5) is 0. The molecule has 0 spiro atoms. The molecule has 0 rings (SSSR count). The van der Waals surface area contributed by atoms with E-state index < -0.39 is 0 Å². The predicted molar refractivity (Wildman–Crippen MR) is 20.1 cm³/mol. The van der Waals surface area contributed by atoms with Gasteiger partial charge in [0, 0.05) is 0 Å². The largest absolute Gasteiger partial charge is 0.412 e. The predicted octanol–water partition coefficient (Wildman–Crippen LogP) is -0.297. The van der Waals surface area contributed by atoms with E-state index >= 15 is 0 Å². The Morgan fingerprint density at radius 2 is 2.17 bits per heavy atom. The third kappa shape index (κ3) is 8.85. The van der Waals surface area contributed by atoms with E-state index in [0.717, 1.165) is 36.8 Å². The topological polar surface area (TPSA) is 40.7 Å². The number of rotatable bonds is 2. The molecule has 0 atom stereocenters. The zero-order valence-electron chi connectivity index (χ0n) is 4.03. The van der Waals surface area contributed by atoms with Crippen molar-refractivity contribution in [3.63, 3.8) is 0 Å². The van der Waals surface area contributed by atoms with E-state index in [1.54, 1.807) is 0 Å². The van der Waals surface area contributed by atoms with Crippen LogP contribution in [0.3, 0.4) is 0 Å². The van der Waals surface area contributed by atoms with Crippen LogP contribution in [0.1, 0.15) is 6.92 Å². The maximum Gasteiger partial charge on any atom is -0.412 e. The van der Waals surface area contributed by atoms with Crippen molar-refractivity contribution in [2.24, 2.45) is 0 Å². The summed E-state index contributed by atoms with van der Waals surface area (Å²) in [5, 5.41) is 0. The molecule has 6 heavy (non-hydrogen) atoms. The first-order valence-electron chi connectivity index (χ1n) is 1.78. The Bertz CT molecular complexity index is 16.3. The van der Waals surface area contributed by atoms with Crippen LogP contribution in [-0.4, -0.2) is 16.2 Å². The molecule has 0 bridgehead atoms. The molecule has 0 aliphatic heterocycles. The first-order chi connectivity index (χ1) is 2.41. The van der Waals surface area contributed by atoms with Gasteiger partial charge < -0.3 is 5.48 Å². The quantitative estimate of drug-likeness (QED) is 0.639. The first kappa shape index (κ1) is 9.97. The van der Waals surface area contributed by atoms with Crippen LogP contribution in [0.2, 0.25) is 0 Å². The van der Waals surface area contributed by atoms with Crippen LogP contribution in [0.25, 0.3) is 0 Å². The van der Waals surface area contributed by atoms with Crippen molar-refractivity contribution < 1.29 is 36.3 Å². The summed E-state index contributed by atoms with van der Waals surface area (Å²) in [7, 11) is 0. The van der Waals surface area contributed by atoms with Crippen molar-refractivity contribution in [1.82, 2.24) is 0 Å². The third-order valence-electron chi connectivity index (χ3n) is 0.348. The van der Waals surface area contributed by atoms with Gasteiger partial charge in [-0.25, -0.2) is 0 Å². The van der Waals surface area contributed by atoms with E-state index in [0.29, 0.717) is 0 Å². The van der Waals surface area contributed by atoms with Crippen molar-refractivity contribution in [3.8, 4) is 0 Å². The second-order valence-corrected chi connectivity index (χ2v) is 2.28. The molecule has 0 saturated carbocycles. The van der Waals surface area contributed by atoms with Crippen LogP contribution in [0.4, 0.5) is 0 Å². The SMILES string of the molecule is CCO[CH2][Hg].O. The van der Waals surface area contributed by atoms with E-state index in [1.807, 2.05) is 6.92 Å². The summed E-state index contributed by atoms with van der Waals surface area (Å²) in [6.07, 6.45) is 0. The summed E-state index contributed by atoms with van der Waals surface area (Å²) < 4.78 is 5.96. The Balaban J connectivity index is 0. The first-order valence-corrected chi connectivity index (χ1v) is 5.67. The minimum Gasteiger partial charge on any atom is -0.412 e. The summed E-state index contributed by atoms with van der Waals surface area (Å²) in [5.74, 6) is 0. The fourth-order valence-electron chi connectivity index (χ4n) is 0.144. The summed E-state index contributed by atoms with van der Waals surface area (Å²) in [6, 6.07) is 0. The Labute approximate surface area is 54.2 Å². The molecule has 35 valence electrons. The Morgan fingerprint density at radius 3 is 2.17 bits per heavy atom. The van der Waals surface area contributed by atoms with Crippen molar-refractivity contribution >= 4 is 0 Å². The molecule has 3 heteroatoms. The van der Waals surface area contributed by atoms with Gasteiger partial charge >= 0.3 is 48.5 Å². The number of ether oxygens (including phenoxy) is 1. The Hall–Kier alpha value is 0.855. The maximum absolute atomic E-state index is 4.92. The van der Waals surface area contributed by atoms with Crippen molar-refractivity contribution in [1.29, 1.82) is 0 Å². The summed E-state index contributed by atoms with van der Waals surface area (Å²) in [5.41, 5.74) is 0. The third-order valence-corrected chi connectivity index (χ3v) is 1.47. The second kappa shape index (κ2) is 9.29. The average Bonchev–Trinajstić information content (AvgIpc) is 1.41. The molecule has 0 aromatic rings. The van der Waals surface area contributed by atoms with E-state index in [4.69, 9.17) is 4.74 Å². The fourth-order valence-corrected chi connectivity index (χ4v) is 1.27. The van der Waals surface area contributed by atoms with Gasteiger partial charge in [-0.05, 0) is 0 Å². The molecule has 0 unspecified atom stereocenters. The molecule has 0 amide bonds. The second-order valence-electron chi connectivity index (χ2n) is 0.697. The van der Waals surface area contributed by atoms with Crippen LogP contribution in [0.15, 0.2) is 0 Å². The average molecular weight is 278 g/mol. The van der Waals surface area contributed by atoms with E-state index in [9.17, 15) is 0 Å². The van der Waals surface area contributed by atoms with Gasteiger partial charge in [-0.2, -0.15) is 0 Å². The van der Waals surface area contributed by atoms with E-state index in [2.05, 4.69) is 0 Å². The molecule has 0 heterocycles. The van der Waals surface area contributed by atoms with Gasteiger partial charge in [0.15, 0.2) is 0 Å². The number of hydrogen-bond donors (Lipinski definition) is 0. The van der Waals surface area contributed by atoms with Crippen molar-refractivity contribution in [3.05, 3.63) is 0 Å². The molecule has 0 aliphatic rings. The summed E-state index contributed by atoms with van der Waals surface area (Å²) in [6.45, 7) is 2.91. The van der Waals surface area contributed by atoms with Crippen molar-refractivity contribution in [2.45, 2.75) is 6.92 Å². The van der Waals surface area contributed by atoms with Crippen LogP contribution in [-0.2, 0) is 30.9 Å². The van der Waals surface area contributed by atoms with Gasteiger partial charge in [0.05, 0.1) is 0 Å². The van der Waals surface area contributed by atoms with Crippen LogP contribution < -0.4 is 0 Å². The molecule has 0 fully saturated rings. The zero-order valence-corrected chi connectivity index (χ0v) is 9.53. The summed E-state index contributed by atoms with van der Waals surface area (Å²) >= 11 is 0.851. The smallest absolute Gasteiger partial charge is 0.412 e. The van der Waals surface area contributed by atoms with Gasteiger partial charge in [-0.1, -0.05) is 0 Å². The van der Waals surface area contributed by atoms with Gasteiger partial charge in [-0.3, -0.25) is 0 Å². The van der Waals surface area contributed by atoms with E-state index in [1.165, 1.54) is 0 Å². The van der Waals surface area contributed by atoms with Crippen LogP contribution in [0.5, 0.6) is 0 Å². The zero-order chi connectivity index (χ0) is 4.12. The molecule has 0 aromatic heterocycles. The molecule has 2 nitrogen and oxygen atoms in total. The maximum atomic E-state index is 4.92. The van der Waals surface area contributed by atoms with Crippen molar-refractivity contribution in [2.75, 3.05) is 10.7 Å². The number of hydrogen-bond acceptors (Lipinski definition) is 1. The molecule has 2 N–H and O–H groups in total. The molecular weight excluding hydrogens is 269 g/mol. The molecular formula is C3H9HgO2. The fraction of sp³-hybridized carbons (Fsp3) is 1.00. The molecule has 0 aliphatic carbocycles. The minimum absolute atomic E-state index is 0.